The van der Waals surface area contributed by atoms with Crippen LogP contribution in [0.4, 0.5) is 5.69 Å². The van der Waals surface area contributed by atoms with Gasteiger partial charge in [-0.25, -0.2) is 8.42 Å². The highest BCUT2D eigenvalue weighted by Crippen LogP contribution is 2.29. The third-order valence-corrected chi connectivity index (χ3v) is 8.46. The Morgan fingerprint density at radius 2 is 1.74 bits per heavy atom. The first-order chi connectivity index (χ1) is 16.7. The molecule has 0 bridgehead atoms. The Labute approximate surface area is 205 Å². The Morgan fingerprint density at radius 3 is 2.43 bits per heavy atom. The summed E-state index contributed by atoms with van der Waals surface area (Å²) in [6, 6.07) is 12.8. The lowest BCUT2D eigenvalue weighted by atomic mass is 9.98. The number of aryl methyl sites for hydroxylation is 3. The maximum Gasteiger partial charge on any atom is 0.309 e. The summed E-state index contributed by atoms with van der Waals surface area (Å²) in [6.07, 6.45) is 2.37. The van der Waals surface area contributed by atoms with Crippen LogP contribution < -0.4 is 5.32 Å². The summed E-state index contributed by atoms with van der Waals surface area (Å²) in [5.74, 6) is -1.38. The van der Waals surface area contributed by atoms with Gasteiger partial charge < -0.3 is 10.1 Å². The summed E-state index contributed by atoms with van der Waals surface area (Å²) in [5, 5.41) is 3.55. The topological polar surface area (TPSA) is 106 Å². The molecule has 1 saturated heterocycles. The van der Waals surface area contributed by atoms with Gasteiger partial charge in [0, 0.05) is 24.7 Å². The molecule has 1 N–H and O–H groups in total. The first kappa shape index (κ1) is 24.8. The van der Waals surface area contributed by atoms with Crippen molar-refractivity contribution in [1.29, 1.82) is 0 Å². The van der Waals surface area contributed by atoms with E-state index in [1.807, 2.05) is 31.2 Å². The van der Waals surface area contributed by atoms with Crippen molar-refractivity contribution in [3.63, 3.8) is 0 Å². The fraction of sp³-hybridized carbons (Fsp3) is 0.346. The number of carbonyl (C=O) groups excluding carboxylic acids is 2. The van der Waals surface area contributed by atoms with Crippen LogP contribution in [0.2, 0.25) is 0 Å². The van der Waals surface area contributed by atoms with Gasteiger partial charge in [0.25, 0.3) is 5.91 Å². The summed E-state index contributed by atoms with van der Waals surface area (Å²) in [6.45, 7) is 5.59. The number of nitrogens with zero attached hydrogens (tertiary/aromatic N) is 2. The lowest BCUT2D eigenvalue weighted by molar-refractivity contribution is -0.152. The molecular formula is C26H29N3O5S. The number of pyridine rings is 1. The van der Waals surface area contributed by atoms with E-state index in [1.54, 1.807) is 38.2 Å². The van der Waals surface area contributed by atoms with Gasteiger partial charge in [0.15, 0.2) is 6.61 Å². The maximum atomic E-state index is 13.3. The van der Waals surface area contributed by atoms with Crippen LogP contribution in [0.3, 0.4) is 0 Å². The highest BCUT2D eigenvalue weighted by Gasteiger charge is 2.34. The normalized spacial score (nSPS) is 15.2. The molecule has 2 heterocycles. The van der Waals surface area contributed by atoms with Gasteiger partial charge >= 0.3 is 5.97 Å². The van der Waals surface area contributed by atoms with E-state index in [1.165, 1.54) is 4.31 Å². The van der Waals surface area contributed by atoms with E-state index in [-0.39, 0.29) is 13.1 Å². The van der Waals surface area contributed by atoms with Crippen molar-refractivity contribution in [2.45, 2.75) is 38.5 Å². The van der Waals surface area contributed by atoms with Crippen LogP contribution in [-0.2, 0) is 24.3 Å². The molecule has 4 rings (SSSR count). The number of benzene rings is 2. The second-order valence-electron chi connectivity index (χ2n) is 8.94. The van der Waals surface area contributed by atoms with Crippen LogP contribution in [0.1, 0.15) is 29.5 Å². The largest absolute Gasteiger partial charge is 0.455 e. The fourth-order valence-corrected chi connectivity index (χ4v) is 6.57. The molecule has 1 aliphatic heterocycles. The number of amides is 1. The van der Waals surface area contributed by atoms with Crippen molar-refractivity contribution in [2.24, 2.45) is 5.92 Å². The molecule has 0 radical (unpaired) electrons. The van der Waals surface area contributed by atoms with E-state index in [2.05, 4.69) is 10.3 Å². The van der Waals surface area contributed by atoms with Crippen LogP contribution in [0.5, 0.6) is 0 Å². The Kier molecular flexibility index (Phi) is 7.18. The van der Waals surface area contributed by atoms with Crippen molar-refractivity contribution in [3.05, 3.63) is 65.4 Å². The SMILES string of the molecule is Cc1cc(C)c(S(=O)(=O)N2CCC(C(=O)OCC(=O)Nc3cccc4ncccc34)CC2)c(C)c1. The first-order valence-electron chi connectivity index (χ1n) is 11.5. The van der Waals surface area contributed by atoms with Gasteiger partial charge in [0.2, 0.25) is 10.0 Å². The average molecular weight is 496 g/mol. The minimum Gasteiger partial charge on any atom is -0.455 e. The number of carbonyl (C=O) groups is 2. The molecule has 0 spiro atoms. The van der Waals surface area contributed by atoms with Crippen molar-refractivity contribution in [2.75, 3.05) is 25.0 Å². The van der Waals surface area contributed by atoms with Crippen molar-refractivity contribution < 1.29 is 22.7 Å². The smallest absolute Gasteiger partial charge is 0.309 e. The zero-order valence-corrected chi connectivity index (χ0v) is 20.9. The first-order valence-corrected chi connectivity index (χ1v) is 13.0. The minimum absolute atomic E-state index is 0.226. The van der Waals surface area contributed by atoms with E-state index >= 15 is 0 Å². The second kappa shape index (κ2) is 10.1. The maximum absolute atomic E-state index is 13.3. The van der Waals surface area contributed by atoms with Crippen LogP contribution in [0, 0.1) is 26.7 Å². The molecule has 0 atom stereocenters. The predicted octanol–water partition coefficient (Wildman–Crippen LogP) is 3.74. The molecular weight excluding hydrogens is 466 g/mol. The van der Waals surface area contributed by atoms with Crippen molar-refractivity contribution in [1.82, 2.24) is 9.29 Å². The zero-order valence-electron chi connectivity index (χ0n) is 20.1. The van der Waals surface area contributed by atoms with E-state index < -0.39 is 34.4 Å². The summed E-state index contributed by atoms with van der Waals surface area (Å²) in [5.41, 5.74) is 3.80. The molecule has 0 aliphatic carbocycles. The predicted molar refractivity (Wildman–Crippen MR) is 133 cm³/mol. The van der Waals surface area contributed by atoms with Crippen LogP contribution in [0.15, 0.2) is 53.6 Å². The number of esters is 1. The standard InChI is InChI=1S/C26H29N3O5S/c1-17-14-18(2)25(19(3)15-17)35(32,33)29-12-9-20(10-13-29)26(31)34-16-24(30)28-23-8-4-7-22-21(23)6-5-11-27-22/h4-8,11,14-15,20H,9-10,12-13,16H2,1-3H3,(H,28,30). The van der Waals surface area contributed by atoms with E-state index in [0.717, 1.165) is 27.6 Å². The summed E-state index contributed by atoms with van der Waals surface area (Å²) in [4.78, 5) is 29.5. The fourth-order valence-electron chi connectivity index (χ4n) is 4.69. The molecule has 35 heavy (non-hydrogen) atoms. The third-order valence-electron chi connectivity index (χ3n) is 6.26. The van der Waals surface area contributed by atoms with Gasteiger partial charge in [-0.2, -0.15) is 4.31 Å². The number of hydrogen-bond donors (Lipinski definition) is 1. The number of fused-ring (bicyclic) bond motifs is 1. The molecule has 1 aromatic heterocycles. The lowest BCUT2D eigenvalue weighted by Crippen LogP contribution is -2.41. The lowest BCUT2D eigenvalue weighted by Gasteiger charge is -2.31. The molecule has 3 aromatic rings. The molecule has 1 amide bonds. The Bertz CT molecular complexity index is 1350. The number of ether oxygens (including phenoxy) is 1. The summed E-state index contributed by atoms with van der Waals surface area (Å²) < 4.78 is 33.2. The Hall–Kier alpha value is -3.30. The van der Waals surface area contributed by atoms with Crippen molar-refractivity contribution >= 4 is 38.5 Å². The number of sulfonamides is 1. The van der Waals surface area contributed by atoms with Gasteiger partial charge in [-0.15, -0.1) is 0 Å². The van der Waals surface area contributed by atoms with Gasteiger partial charge in [-0.05, 0) is 69.0 Å². The molecule has 2 aromatic carbocycles. The average Bonchev–Trinajstić information content (AvgIpc) is 2.82. The molecule has 184 valence electrons. The molecule has 1 fully saturated rings. The zero-order chi connectivity index (χ0) is 25.2. The number of aromatic nitrogens is 1. The molecule has 8 nitrogen and oxygen atoms in total. The van der Waals surface area contributed by atoms with Gasteiger partial charge in [-0.1, -0.05) is 23.8 Å². The van der Waals surface area contributed by atoms with Gasteiger partial charge in [0.05, 0.1) is 22.0 Å². The van der Waals surface area contributed by atoms with E-state index in [0.29, 0.717) is 23.4 Å². The number of piperidine rings is 1. The monoisotopic (exact) mass is 495 g/mol. The van der Waals surface area contributed by atoms with Crippen molar-refractivity contribution in [3.8, 4) is 0 Å². The van der Waals surface area contributed by atoms with Gasteiger partial charge in [0.1, 0.15) is 0 Å². The molecule has 9 heteroatoms. The van der Waals surface area contributed by atoms with E-state index in [9.17, 15) is 18.0 Å². The van der Waals surface area contributed by atoms with Crippen LogP contribution in [0.25, 0.3) is 10.9 Å². The van der Waals surface area contributed by atoms with Gasteiger partial charge in [-0.3, -0.25) is 14.6 Å². The number of nitrogens with one attached hydrogen (secondary N) is 1. The van der Waals surface area contributed by atoms with Crippen LogP contribution >= 0.6 is 0 Å². The highest BCUT2D eigenvalue weighted by molar-refractivity contribution is 7.89. The quantitative estimate of drug-likeness (QED) is 0.522. The minimum atomic E-state index is -3.66. The molecule has 0 unspecified atom stereocenters. The summed E-state index contributed by atoms with van der Waals surface area (Å²) in [7, 11) is -3.66. The number of anilines is 1. The molecule has 1 aliphatic rings. The summed E-state index contributed by atoms with van der Waals surface area (Å²) >= 11 is 0. The van der Waals surface area contributed by atoms with E-state index in [4.69, 9.17) is 4.74 Å². The third kappa shape index (κ3) is 5.36. The molecule has 0 saturated carbocycles. The number of hydrogen-bond acceptors (Lipinski definition) is 6. The Morgan fingerprint density at radius 1 is 1.06 bits per heavy atom. The Balaban J connectivity index is 1.32. The van der Waals surface area contributed by atoms with Crippen LogP contribution in [-0.4, -0.2) is 49.3 Å². The second-order valence-corrected chi connectivity index (χ2v) is 10.8. The highest BCUT2D eigenvalue weighted by atomic mass is 32.2. The number of rotatable bonds is 6.